The number of fused-ring (bicyclic) bond motifs is 1. The first-order valence-corrected chi connectivity index (χ1v) is 11.4. The first kappa shape index (κ1) is 22.5. The monoisotopic (exact) mass is 473 g/mol. The summed E-state index contributed by atoms with van der Waals surface area (Å²) in [5, 5.41) is 7.88. The second kappa shape index (κ2) is 9.18. The van der Waals surface area contributed by atoms with Crippen LogP contribution in [-0.2, 0) is 13.6 Å². The van der Waals surface area contributed by atoms with E-state index >= 15 is 0 Å². The average molecular weight is 474 g/mol. The number of aromatic nitrogens is 6. The molecule has 180 valence electrons. The van der Waals surface area contributed by atoms with Crippen molar-refractivity contribution in [3.05, 3.63) is 76.0 Å². The van der Waals surface area contributed by atoms with Crippen LogP contribution in [0.2, 0.25) is 0 Å². The lowest BCUT2D eigenvalue weighted by atomic mass is 10.2. The van der Waals surface area contributed by atoms with Crippen LogP contribution in [0.1, 0.15) is 0 Å². The van der Waals surface area contributed by atoms with Gasteiger partial charge in [0.15, 0.2) is 11.5 Å². The van der Waals surface area contributed by atoms with Crippen molar-refractivity contribution in [1.29, 1.82) is 0 Å². The van der Waals surface area contributed by atoms with Crippen LogP contribution < -0.4 is 21.3 Å². The number of likely N-dealkylation sites (N-methyl/N-ethyl adjacent to an activating group) is 1. The summed E-state index contributed by atoms with van der Waals surface area (Å²) in [7, 11) is 3.70. The highest BCUT2D eigenvalue weighted by atomic mass is 16.1. The van der Waals surface area contributed by atoms with Crippen LogP contribution in [0.15, 0.2) is 64.8 Å². The fourth-order valence-corrected chi connectivity index (χ4v) is 4.16. The summed E-state index contributed by atoms with van der Waals surface area (Å²) in [5.74, 6) is 0.737. The molecule has 1 aromatic carbocycles. The zero-order valence-electron chi connectivity index (χ0n) is 19.8. The number of hydrogen-bond donors (Lipinski definition) is 1. The summed E-state index contributed by atoms with van der Waals surface area (Å²) < 4.78 is 4.27. The lowest BCUT2D eigenvalue weighted by molar-refractivity contribution is 0.313. The molecular formula is C24H27N9O2. The van der Waals surface area contributed by atoms with E-state index < -0.39 is 0 Å². The number of rotatable bonds is 6. The zero-order valence-corrected chi connectivity index (χ0v) is 19.8. The van der Waals surface area contributed by atoms with Gasteiger partial charge in [0, 0.05) is 56.9 Å². The molecule has 1 aliphatic heterocycles. The molecule has 1 fully saturated rings. The molecule has 11 heteroatoms. The minimum absolute atomic E-state index is 0.246. The molecule has 5 rings (SSSR count). The highest BCUT2D eigenvalue weighted by Gasteiger charge is 2.18. The summed E-state index contributed by atoms with van der Waals surface area (Å²) >= 11 is 0. The molecule has 1 aliphatic rings. The van der Waals surface area contributed by atoms with E-state index in [4.69, 9.17) is 0 Å². The van der Waals surface area contributed by atoms with Gasteiger partial charge >= 0.3 is 0 Å². The Morgan fingerprint density at radius 2 is 1.77 bits per heavy atom. The fourth-order valence-electron chi connectivity index (χ4n) is 4.16. The van der Waals surface area contributed by atoms with Gasteiger partial charge in [0.25, 0.3) is 11.1 Å². The third kappa shape index (κ3) is 4.33. The Morgan fingerprint density at radius 1 is 1.03 bits per heavy atom. The molecule has 0 radical (unpaired) electrons. The molecule has 0 spiro atoms. The number of aryl methyl sites for hydroxylation is 1. The van der Waals surface area contributed by atoms with Gasteiger partial charge in [0.1, 0.15) is 5.39 Å². The van der Waals surface area contributed by atoms with Gasteiger partial charge in [0.2, 0.25) is 5.95 Å². The lowest BCUT2D eigenvalue weighted by Crippen LogP contribution is -2.44. The van der Waals surface area contributed by atoms with E-state index in [1.54, 1.807) is 23.9 Å². The SMILES string of the molecule is C=CCn1c(=O)c2cnc(Nc3ccc(N4CCN(C)CC4)cc3)nc2n1-c1ccc(=O)n(C)n1. The standard InChI is InChI=1S/C24H27N9O2/c1-4-11-32-23(35)19-16-25-24(27-22(19)33(32)20-9-10-21(34)30(3)28-20)26-17-5-7-18(8-6-17)31-14-12-29(2)13-15-31/h4-10,16H,1,11-15H2,2-3H3,(H,25,26,27). The van der Waals surface area contributed by atoms with Gasteiger partial charge in [-0.3, -0.25) is 9.59 Å². The molecule has 0 unspecified atom stereocenters. The van der Waals surface area contributed by atoms with E-state index in [9.17, 15) is 9.59 Å². The largest absolute Gasteiger partial charge is 0.369 e. The second-order valence-electron chi connectivity index (χ2n) is 8.53. The van der Waals surface area contributed by atoms with Crippen molar-refractivity contribution in [2.75, 3.05) is 43.4 Å². The van der Waals surface area contributed by atoms with E-state index in [0.717, 1.165) is 31.9 Å². The van der Waals surface area contributed by atoms with Crippen LogP contribution in [-0.4, -0.2) is 67.2 Å². The number of hydrogen-bond acceptors (Lipinski definition) is 8. The third-order valence-corrected chi connectivity index (χ3v) is 6.13. The molecule has 1 saturated heterocycles. The smallest absolute Gasteiger partial charge is 0.278 e. The highest BCUT2D eigenvalue weighted by Crippen LogP contribution is 2.22. The molecule has 0 atom stereocenters. The predicted molar refractivity (Wildman–Crippen MR) is 136 cm³/mol. The Hall–Kier alpha value is -4.25. The number of nitrogens with zero attached hydrogens (tertiary/aromatic N) is 8. The number of benzene rings is 1. The minimum atomic E-state index is -0.265. The number of allylic oxidation sites excluding steroid dienone is 1. The van der Waals surface area contributed by atoms with Crippen molar-refractivity contribution >= 4 is 28.4 Å². The molecule has 3 aromatic heterocycles. The van der Waals surface area contributed by atoms with Gasteiger partial charge in [0.05, 0.1) is 6.54 Å². The summed E-state index contributed by atoms with van der Waals surface area (Å²) in [6.45, 7) is 8.09. The highest BCUT2D eigenvalue weighted by molar-refractivity contribution is 5.77. The summed E-state index contributed by atoms with van der Waals surface area (Å²) in [6.07, 6.45) is 3.12. The molecule has 0 saturated carbocycles. The molecule has 0 aliphatic carbocycles. The quantitative estimate of drug-likeness (QED) is 0.419. The van der Waals surface area contributed by atoms with Gasteiger partial charge in [-0.2, -0.15) is 10.1 Å². The Morgan fingerprint density at radius 3 is 2.46 bits per heavy atom. The topological polar surface area (TPSA) is 106 Å². The Kier molecular flexibility index (Phi) is 5.91. The van der Waals surface area contributed by atoms with Gasteiger partial charge in [-0.05, 0) is 37.4 Å². The maximum Gasteiger partial charge on any atom is 0.278 e. The molecule has 4 heterocycles. The second-order valence-corrected chi connectivity index (χ2v) is 8.53. The normalized spacial score (nSPS) is 14.4. The summed E-state index contributed by atoms with van der Waals surface area (Å²) in [6, 6.07) is 11.1. The zero-order chi connectivity index (χ0) is 24.5. The maximum atomic E-state index is 13.0. The summed E-state index contributed by atoms with van der Waals surface area (Å²) in [5.41, 5.74) is 1.88. The van der Waals surface area contributed by atoms with Crippen LogP contribution >= 0.6 is 0 Å². The molecule has 4 aromatic rings. The van der Waals surface area contributed by atoms with Crippen molar-refractivity contribution < 1.29 is 0 Å². The number of anilines is 3. The Labute approximate surface area is 201 Å². The molecular weight excluding hydrogens is 446 g/mol. The number of piperazine rings is 1. The van der Waals surface area contributed by atoms with Crippen molar-refractivity contribution in [1.82, 2.24) is 34.0 Å². The number of nitrogens with one attached hydrogen (secondary N) is 1. The van der Waals surface area contributed by atoms with Crippen LogP contribution in [0.5, 0.6) is 0 Å². The predicted octanol–water partition coefficient (Wildman–Crippen LogP) is 1.36. The molecule has 1 N–H and O–H groups in total. The van der Waals surface area contributed by atoms with Crippen LogP contribution in [0.3, 0.4) is 0 Å². The Bertz CT molecular complexity index is 1490. The first-order valence-electron chi connectivity index (χ1n) is 11.4. The van der Waals surface area contributed by atoms with Gasteiger partial charge < -0.3 is 15.1 Å². The minimum Gasteiger partial charge on any atom is -0.369 e. The Balaban J connectivity index is 1.49. The van der Waals surface area contributed by atoms with E-state index in [-0.39, 0.29) is 17.7 Å². The van der Waals surface area contributed by atoms with Crippen molar-refractivity contribution in [3.8, 4) is 5.82 Å². The summed E-state index contributed by atoms with van der Waals surface area (Å²) in [4.78, 5) is 38.6. The van der Waals surface area contributed by atoms with Crippen molar-refractivity contribution in [3.63, 3.8) is 0 Å². The fraction of sp³-hybridized carbons (Fsp3) is 0.292. The first-order chi connectivity index (χ1) is 16.9. The molecule has 0 bridgehead atoms. The van der Waals surface area contributed by atoms with E-state index in [2.05, 4.69) is 55.9 Å². The van der Waals surface area contributed by atoms with Gasteiger partial charge in [-0.25, -0.2) is 19.0 Å². The van der Waals surface area contributed by atoms with Gasteiger partial charge in [-0.1, -0.05) is 6.08 Å². The maximum absolute atomic E-state index is 13.0. The molecule has 35 heavy (non-hydrogen) atoms. The van der Waals surface area contributed by atoms with Crippen LogP contribution in [0.25, 0.3) is 16.9 Å². The van der Waals surface area contributed by atoms with Crippen molar-refractivity contribution in [2.45, 2.75) is 6.54 Å². The van der Waals surface area contributed by atoms with E-state index in [1.807, 2.05) is 12.1 Å². The van der Waals surface area contributed by atoms with Crippen LogP contribution in [0, 0.1) is 0 Å². The molecule has 0 amide bonds. The van der Waals surface area contributed by atoms with Crippen LogP contribution in [0.4, 0.5) is 17.3 Å². The van der Waals surface area contributed by atoms with Gasteiger partial charge in [-0.15, -0.1) is 6.58 Å². The van der Waals surface area contributed by atoms with E-state index in [0.29, 0.717) is 22.8 Å². The van der Waals surface area contributed by atoms with E-state index in [1.165, 1.54) is 27.3 Å². The lowest BCUT2D eigenvalue weighted by Gasteiger charge is -2.34. The molecule has 11 nitrogen and oxygen atoms in total. The average Bonchev–Trinajstić information content (AvgIpc) is 3.13. The van der Waals surface area contributed by atoms with Crippen molar-refractivity contribution in [2.24, 2.45) is 7.05 Å². The third-order valence-electron chi connectivity index (χ3n) is 6.13.